The number of aliphatic hydroxyl groups excluding tert-OH is 3. The Balaban J connectivity index is 2.31. The van der Waals surface area contributed by atoms with Crippen LogP contribution in [0.1, 0.15) is 28.4 Å². The van der Waals surface area contributed by atoms with Crippen LogP contribution in [0.15, 0.2) is 36.4 Å². The summed E-state index contributed by atoms with van der Waals surface area (Å²) < 4.78 is 0. The molecule has 92 valence electrons. The predicted molar refractivity (Wildman–Crippen MR) is 67.8 cm³/mol. The molecule has 18 heavy (non-hydrogen) atoms. The van der Waals surface area contributed by atoms with E-state index in [0.717, 1.165) is 33.4 Å². The van der Waals surface area contributed by atoms with Crippen molar-refractivity contribution >= 4 is 0 Å². The molecule has 0 saturated carbocycles. The second-order valence-corrected chi connectivity index (χ2v) is 4.48. The zero-order valence-electron chi connectivity index (χ0n) is 9.80. The Morgan fingerprint density at radius 3 is 1.61 bits per heavy atom. The van der Waals surface area contributed by atoms with Gasteiger partial charge in [-0.3, -0.25) is 0 Å². The molecule has 0 saturated heterocycles. The lowest BCUT2D eigenvalue weighted by Crippen LogP contribution is -2.02. The van der Waals surface area contributed by atoms with Crippen LogP contribution in [0.25, 0.3) is 11.1 Å². The van der Waals surface area contributed by atoms with Gasteiger partial charge in [0, 0.05) is 0 Å². The molecule has 1 aliphatic rings. The van der Waals surface area contributed by atoms with Crippen molar-refractivity contribution in [3.8, 4) is 11.1 Å². The topological polar surface area (TPSA) is 60.7 Å². The fraction of sp³-hybridized carbons (Fsp3) is 0.200. The van der Waals surface area contributed by atoms with E-state index in [1.807, 2.05) is 36.4 Å². The largest absolute Gasteiger partial charge is 0.392 e. The molecule has 0 spiro atoms. The highest BCUT2D eigenvalue weighted by Gasteiger charge is 2.30. The molecule has 1 aliphatic carbocycles. The number of hydrogen-bond donors (Lipinski definition) is 3. The first-order valence-corrected chi connectivity index (χ1v) is 5.91. The minimum Gasteiger partial charge on any atom is -0.392 e. The molecule has 0 bridgehead atoms. The highest BCUT2D eigenvalue weighted by atomic mass is 16.3. The molecule has 2 aromatic rings. The van der Waals surface area contributed by atoms with E-state index in [0.29, 0.717) is 0 Å². The fourth-order valence-electron chi connectivity index (χ4n) is 2.76. The van der Waals surface area contributed by atoms with Crippen molar-refractivity contribution < 1.29 is 15.3 Å². The van der Waals surface area contributed by atoms with Gasteiger partial charge in [0.05, 0.1) is 13.2 Å². The Morgan fingerprint density at radius 1 is 0.778 bits per heavy atom. The van der Waals surface area contributed by atoms with Gasteiger partial charge in [-0.2, -0.15) is 0 Å². The van der Waals surface area contributed by atoms with Gasteiger partial charge in [0.15, 0.2) is 0 Å². The lowest BCUT2D eigenvalue weighted by molar-refractivity contribution is 0.211. The lowest BCUT2D eigenvalue weighted by atomic mass is 10.0. The van der Waals surface area contributed by atoms with Crippen molar-refractivity contribution in [3.05, 3.63) is 58.7 Å². The molecular formula is C15H14O3. The number of fused-ring (bicyclic) bond motifs is 3. The minimum absolute atomic E-state index is 0.0946. The van der Waals surface area contributed by atoms with Crippen LogP contribution >= 0.6 is 0 Å². The van der Waals surface area contributed by atoms with E-state index in [-0.39, 0.29) is 13.2 Å². The van der Waals surface area contributed by atoms with Gasteiger partial charge in [-0.05, 0) is 33.4 Å². The molecule has 0 amide bonds. The fourth-order valence-corrected chi connectivity index (χ4v) is 2.76. The van der Waals surface area contributed by atoms with E-state index in [1.54, 1.807) is 0 Å². The number of aliphatic hydroxyl groups is 3. The average molecular weight is 242 g/mol. The number of hydrogen-bond acceptors (Lipinski definition) is 3. The third-order valence-corrected chi connectivity index (χ3v) is 3.57. The third kappa shape index (κ3) is 1.42. The zero-order valence-corrected chi connectivity index (χ0v) is 9.80. The Kier molecular flexibility index (Phi) is 2.67. The van der Waals surface area contributed by atoms with Crippen LogP contribution in [-0.2, 0) is 13.2 Å². The molecule has 3 heteroatoms. The zero-order chi connectivity index (χ0) is 12.7. The molecule has 2 aromatic carbocycles. The summed E-state index contributed by atoms with van der Waals surface area (Å²) in [6.45, 7) is -0.189. The highest BCUT2D eigenvalue weighted by molar-refractivity contribution is 5.80. The monoisotopic (exact) mass is 242 g/mol. The van der Waals surface area contributed by atoms with Crippen molar-refractivity contribution in [1.29, 1.82) is 0 Å². The maximum atomic E-state index is 10.4. The van der Waals surface area contributed by atoms with Crippen molar-refractivity contribution in [1.82, 2.24) is 0 Å². The van der Waals surface area contributed by atoms with Crippen LogP contribution in [0.2, 0.25) is 0 Å². The lowest BCUT2D eigenvalue weighted by Gasteiger charge is -2.12. The maximum absolute atomic E-state index is 10.4. The summed E-state index contributed by atoms with van der Waals surface area (Å²) in [4.78, 5) is 0. The van der Waals surface area contributed by atoms with Crippen LogP contribution in [0.5, 0.6) is 0 Å². The van der Waals surface area contributed by atoms with Crippen molar-refractivity contribution in [2.75, 3.05) is 0 Å². The van der Waals surface area contributed by atoms with E-state index < -0.39 is 6.10 Å². The van der Waals surface area contributed by atoms with Crippen LogP contribution in [0.4, 0.5) is 0 Å². The van der Waals surface area contributed by atoms with E-state index in [1.165, 1.54) is 0 Å². The number of benzene rings is 2. The summed E-state index contributed by atoms with van der Waals surface area (Å²) >= 11 is 0. The first-order valence-electron chi connectivity index (χ1n) is 5.91. The minimum atomic E-state index is -0.762. The summed E-state index contributed by atoms with van der Waals surface area (Å²) in [7, 11) is 0. The third-order valence-electron chi connectivity index (χ3n) is 3.57. The Labute approximate surface area is 105 Å². The molecule has 0 aliphatic heterocycles. The van der Waals surface area contributed by atoms with E-state index in [9.17, 15) is 15.3 Å². The summed E-state index contributed by atoms with van der Waals surface area (Å²) in [5, 5.41) is 29.2. The van der Waals surface area contributed by atoms with Crippen molar-refractivity contribution in [2.24, 2.45) is 0 Å². The second kappa shape index (κ2) is 4.21. The molecule has 3 N–H and O–H groups in total. The van der Waals surface area contributed by atoms with Crippen molar-refractivity contribution in [2.45, 2.75) is 19.3 Å². The second-order valence-electron chi connectivity index (χ2n) is 4.48. The predicted octanol–water partition coefficient (Wildman–Crippen LogP) is 1.73. The van der Waals surface area contributed by atoms with Gasteiger partial charge in [0.2, 0.25) is 0 Å². The maximum Gasteiger partial charge on any atom is 0.106 e. The average Bonchev–Trinajstić information content (AvgIpc) is 2.73. The Hall–Kier alpha value is -1.68. The molecule has 3 nitrogen and oxygen atoms in total. The summed E-state index contributed by atoms with van der Waals surface area (Å²) in [5.41, 5.74) is 4.88. The highest BCUT2D eigenvalue weighted by Crippen LogP contribution is 2.46. The van der Waals surface area contributed by atoms with E-state index in [2.05, 4.69) is 0 Å². The summed E-state index contributed by atoms with van der Waals surface area (Å²) in [6, 6.07) is 11.2. The van der Waals surface area contributed by atoms with Gasteiger partial charge in [-0.1, -0.05) is 36.4 Å². The molecule has 0 atom stereocenters. The molecule has 0 aromatic heterocycles. The van der Waals surface area contributed by atoms with Gasteiger partial charge < -0.3 is 15.3 Å². The Morgan fingerprint density at radius 2 is 1.22 bits per heavy atom. The quantitative estimate of drug-likeness (QED) is 0.751. The van der Waals surface area contributed by atoms with Crippen LogP contribution in [0.3, 0.4) is 0 Å². The van der Waals surface area contributed by atoms with Crippen LogP contribution < -0.4 is 0 Å². The molecule has 0 radical (unpaired) electrons. The molecular weight excluding hydrogens is 228 g/mol. The van der Waals surface area contributed by atoms with E-state index >= 15 is 0 Å². The van der Waals surface area contributed by atoms with E-state index in [4.69, 9.17) is 0 Å². The van der Waals surface area contributed by atoms with Gasteiger partial charge >= 0.3 is 0 Å². The molecule has 0 unspecified atom stereocenters. The van der Waals surface area contributed by atoms with Gasteiger partial charge in [0.25, 0.3) is 0 Å². The standard InChI is InChI=1S/C15H14O3/c16-7-9-3-1-5-11-12-6-2-4-10(8-17)14(12)15(18)13(9)11/h1-6,15-18H,7-8H2. The van der Waals surface area contributed by atoms with Crippen molar-refractivity contribution in [3.63, 3.8) is 0 Å². The van der Waals surface area contributed by atoms with Crippen LogP contribution in [-0.4, -0.2) is 15.3 Å². The van der Waals surface area contributed by atoms with Gasteiger partial charge in [-0.25, -0.2) is 0 Å². The molecule has 3 rings (SSSR count). The Bertz CT molecular complexity index is 551. The number of rotatable bonds is 2. The van der Waals surface area contributed by atoms with Gasteiger partial charge in [-0.15, -0.1) is 0 Å². The molecule has 0 heterocycles. The summed E-state index contributed by atoms with van der Waals surface area (Å²) in [6.07, 6.45) is -0.762. The molecule has 0 fully saturated rings. The first-order chi connectivity index (χ1) is 8.77. The normalized spacial score (nSPS) is 13.5. The smallest absolute Gasteiger partial charge is 0.106 e. The summed E-state index contributed by atoms with van der Waals surface area (Å²) in [5.74, 6) is 0. The van der Waals surface area contributed by atoms with Crippen LogP contribution in [0, 0.1) is 0 Å². The first kappa shape index (κ1) is 11.4. The van der Waals surface area contributed by atoms with Gasteiger partial charge in [0.1, 0.15) is 6.10 Å². The SMILES string of the molecule is OCc1cccc2c1C(O)c1c(CO)cccc1-2.